The summed E-state index contributed by atoms with van der Waals surface area (Å²) in [6.45, 7) is 6.63. The van der Waals surface area contributed by atoms with Gasteiger partial charge >= 0.3 is 11.9 Å². The van der Waals surface area contributed by atoms with Gasteiger partial charge in [0.05, 0.1) is 5.56 Å². The summed E-state index contributed by atoms with van der Waals surface area (Å²) in [7, 11) is 0. The number of benzene rings is 2. The molecule has 162 valence electrons. The summed E-state index contributed by atoms with van der Waals surface area (Å²) < 4.78 is 22.0. The van der Waals surface area contributed by atoms with Crippen molar-refractivity contribution in [1.82, 2.24) is 0 Å². The summed E-state index contributed by atoms with van der Waals surface area (Å²) in [5.41, 5.74) is 0.737. The summed E-state index contributed by atoms with van der Waals surface area (Å²) in [6, 6.07) is 11.8. The molecule has 8 heteroatoms. The third-order valence-corrected chi connectivity index (χ3v) is 4.35. The maximum absolute atomic E-state index is 13.0. The second-order valence-electron chi connectivity index (χ2n) is 5.91. The smallest absolute Gasteiger partial charge is 0.330 e. The summed E-state index contributed by atoms with van der Waals surface area (Å²) >= 11 is 3.34. The maximum Gasteiger partial charge on any atom is 0.330 e. The SMILES string of the molecule is C=CC(=O)OCCOc1cccc(C(=O)c2ccc(Br)cc2)c1OCCOC(=O)C=C. The van der Waals surface area contributed by atoms with E-state index in [1.165, 1.54) is 0 Å². The molecule has 2 aromatic carbocycles. The number of esters is 2. The fraction of sp³-hybridized carbons (Fsp3) is 0.174. The molecule has 0 amide bonds. The van der Waals surface area contributed by atoms with Crippen molar-refractivity contribution in [1.29, 1.82) is 0 Å². The Morgan fingerprint density at radius 1 is 0.806 bits per heavy atom. The van der Waals surface area contributed by atoms with Crippen molar-refractivity contribution in [3.05, 3.63) is 83.4 Å². The third-order valence-electron chi connectivity index (χ3n) is 3.82. The predicted molar refractivity (Wildman–Crippen MR) is 117 cm³/mol. The zero-order chi connectivity index (χ0) is 22.6. The van der Waals surface area contributed by atoms with Crippen molar-refractivity contribution in [3.8, 4) is 11.5 Å². The van der Waals surface area contributed by atoms with Gasteiger partial charge in [-0.3, -0.25) is 4.79 Å². The van der Waals surface area contributed by atoms with Gasteiger partial charge in [0, 0.05) is 22.2 Å². The molecule has 0 bridgehead atoms. The Bertz CT molecular complexity index is 951. The number of carbonyl (C=O) groups is 3. The van der Waals surface area contributed by atoms with Gasteiger partial charge in [-0.25, -0.2) is 9.59 Å². The zero-order valence-electron chi connectivity index (χ0n) is 16.7. The molecule has 0 aliphatic carbocycles. The monoisotopic (exact) mass is 488 g/mol. The Labute approximate surface area is 188 Å². The van der Waals surface area contributed by atoms with Crippen LogP contribution in [0.25, 0.3) is 0 Å². The van der Waals surface area contributed by atoms with Crippen LogP contribution in [-0.4, -0.2) is 44.1 Å². The first-order valence-electron chi connectivity index (χ1n) is 9.23. The average molecular weight is 489 g/mol. The second kappa shape index (κ2) is 12.3. The first-order valence-corrected chi connectivity index (χ1v) is 10.0. The lowest BCUT2D eigenvalue weighted by molar-refractivity contribution is -0.139. The van der Waals surface area contributed by atoms with Crippen molar-refractivity contribution < 1.29 is 33.3 Å². The van der Waals surface area contributed by atoms with Gasteiger partial charge in [0.25, 0.3) is 0 Å². The molecular weight excluding hydrogens is 468 g/mol. The van der Waals surface area contributed by atoms with Gasteiger partial charge in [0.1, 0.15) is 26.4 Å². The molecule has 0 aromatic heterocycles. The number of halogens is 1. The minimum atomic E-state index is -0.580. The number of ether oxygens (including phenoxy) is 4. The molecule has 0 aliphatic rings. The van der Waals surface area contributed by atoms with Crippen molar-refractivity contribution in [2.45, 2.75) is 0 Å². The van der Waals surface area contributed by atoms with Gasteiger partial charge in [0.2, 0.25) is 0 Å². The highest BCUT2D eigenvalue weighted by molar-refractivity contribution is 9.10. The molecule has 2 aromatic rings. The van der Waals surface area contributed by atoms with E-state index in [0.717, 1.165) is 16.6 Å². The fourth-order valence-electron chi connectivity index (χ4n) is 2.41. The first kappa shape index (κ1) is 23.9. The summed E-state index contributed by atoms with van der Waals surface area (Å²) in [5.74, 6) is -0.937. The molecule has 0 saturated heterocycles. The first-order chi connectivity index (χ1) is 15.0. The van der Waals surface area contributed by atoms with Gasteiger partial charge in [-0.05, 0) is 36.4 Å². The van der Waals surface area contributed by atoms with Crippen LogP contribution in [0.3, 0.4) is 0 Å². The predicted octanol–water partition coefficient (Wildman–Crippen LogP) is 3.90. The Balaban J connectivity index is 2.21. The molecule has 0 aliphatic heterocycles. The number of carbonyl (C=O) groups excluding carboxylic acids is 3. The standard InChI is InChI=1S/C23H21BrO7/c1-3-20(25)29-13-12-28-19-7-5-6-18(22(27)16-8-10-17(24)11-9-16)23(19)31-15-14-30-21(26)4-2/h3-11H,1-2,12-15H2. The van der Waals surface area contributed by atoms with Crippen LogP contribution in [0.4, 0.5) is 0 Å². The number of hydrogen-bond donors (Lipinski definition) is 0. The molecule has 0 heterocycles. The fourth-order valence-corrected chi connectivity index (χ4v) is 2.68. The highest BCUT2D eigenvalue weighted by Gasteiger charge is 2.19. The van der Waals surface area contributed by atoms with E-state index in [0.29, 0.717) is 5.56 Å². The largest absolute Gasteiger partial charge is 0.486 e. The van der Waals surface area contributed by atoms with Crippen LogP contribution in [0, 0.1) is 0 Å². The lowest BCUT2D eigenvalue weighted by Gasteiger charge is -2.16. The lowest BCUT2D eigenvalue weighted by Crippen LogP contribution is -2.15. The van der Waals surface area contributed by atoms with Crippen molar-refractivity contribution >= 4 is 33.7 Å². The molecule has 31 heavy (non-hydrogen) atoms. The van der Waals surface area contributed by atoms with E-state index < -0.39 is 11.9 Å². The lowest BCUT2D eigenvalue weighted by atomic mass is 10.0. The Hall–Kier alpha value is -3.39. The van der Waals surface area contributed by atoms with Gasteiger partial charge in [0.15, 0.2) is 17.3 Å². The molecule has 0 fully saturated rings. The Kier molecular flexibility index (Phi) is 9.51. The minimum absolute atomic E-state index is 0.00781. The number of para-hydroxylation sites is 1. The van der Waals surface area contributed by atoms with E-state index >= 15 is 0 Å². The maximum atomic E-state index is 13.0. The number of ketones is 1. The summed E-state index contributed by atoms with van der Waals surface area (Å²) in [5, 5.41) is 0. The molecule has 7 nitrogen and oxygen atoms in total. The van der Waals surface area contributed by atoms with Crippen molar-refractivity contribution in [2.24, 2.45) is 0 Å². The van der Waals surface area contributed by atoms with Gasteiger partial charge < -0.3 is 18.9 Å². The van der Waals surface area contributed by atoms with Crippen LogP contribution >= 0.6 is 15.9 Å². The topological polar surface area (TPSA) is 88.1 Å². The molecule has 0 saturated carbocycles. The van der Waals surface area contributed by atoms with E-state index in [9.17, 15) is 14.4 Å². The van der Waals surface area contributed by atoms with Crippen LogP contribution in [0.1, 0.15) is 15.9 Å². The van der Waals surface area contributed by atoms with Gasteiger partial charge in [-0.15, -0.1) is 0 Å². The average Bonchev–Trinajstić information content (AvgIpc) is 2.79. The summed E-state index contributed by atoms with van der Waals surface area (Å²) in [6.07, 6.45) is 2.10. The van der Waals surface area contributed by atoms with E-state index in [2.05, 4.69) is 29.1 Å². The van der Waals surface area contributed by atoms with Crippen LogP contribution in [0.5, 0.6) is 11.5 Å². The Morgan fingerprint density at radius 3 is 1.97 bits per heavy atom. The van der Waals surface area contributed by atoms with Crippen molar-refractivity contribution in [3.63, 3.8) is 0 Å². The third kappa shape index (κ3) is 7.42. The van der Waals surface area contributed by atoms with Crippen LogP contribution in [-0.2, 0) is 19.1 Å². The van der Waals surface area contributed by atoms with Crippen LogP contribution < -0.4 is 9.47 Å². The highest BCUT2D eigenvalue weighted by Crippen LogP contribution is 2.33. The van der Waals surface area contributed by atoms with Crippen molar-refractivity contribution in [2.75, 3.05) is 26.4 Å². The number of rotatable bonds is 12. The Morgan fingerprint density at radius 2 is 1.39 bits per heavy atom. The summed E-state index contributed by atoms with van der Waals surface area (Å²) in [4.78, 5) is 35.4. The second-order valence-corrected chi connectivity index (χ2v) is 6.82. The molecular formula is C23H21BrO7. The normalized spacial score (nSPS) is 9.97. The van der Waals surface area contributed by atoms with E-state index in [-0.39, 0.29) is 49.3 Å². The molecule has 0 N–H and O–H groups in total. The van der Waals surface area contributed by atoms with Gasteiger partial charge in [-0.2, -0.15) is 0 Å². The number of hydrogen-bond acceptors (Lipinski definition) is 7. The van der Waals surface area contributed by atoms with E-state index in [4.69, 9.17) is 18.9 Å². The molecule has 0 unspecified atom stereocenters. The van der Waals surface area contributed by atoms with E-state index in [1.54, 1.807) is 42.5 Å². The zero-order valence-corrected chi connectivity index (χ0v) is 18.3. The van der Waals surface area contributed by atoms with Crippen LogP contribution in [0.15, 0.2) is 72.2 Å². The van der Waals surface area contributed by atoms with Gasteiger partial charge in [-0.1, -0.05) is 35.2 Å². The molecule has 0 spiro atoms. The minimum Gasteiger partial charge on any atom is -0.486 e. The van der Waals surface area contributed by atoms with Crippen LogP contribution in [0.2, 0.25) is 0 Å². The molecule has 2 rings (SSSR count). The molecule has 0 atom stereocenters. The molecule has 0 radical (unpaired) electrons. The highest BCUT2D eigenvalue weighted by atomic mass is 79.9. The van der Waals surface area contributed by atoms with E-state index in [1.807, 2.05) is 0 Å². The quantitative estimate of drug-likeness (QED) is 0.194.